The van der Waals surface area contributed by atoms with Crippen LogP contribution in [0.25, 0.3) is 0 Å². The van der Waals surface area contributed by atoms with Crippen LogP contribution in [0.15, 0.2) is 36.7 Å². The van der Waals surface area contributed by atoms with Crippen molar-refractivity contribution >= 4 is 5.82 Å². The molecule has 0 spiro atoms. The predicted molar refractivity (Wildman–Crippen MR) is 67.2 cm³/mol. The third-order valence-electron chi connectivity index (χ3n) is 2.30. The summed E-state index contributed by atoms with van der Waals surface area (Å²) in [6.07, 6.45) is 3.14. The Labute approximate surface area is 105 Å². The number of ether oxygens (including phenoxy) is 2. The van der Waals surface area contributed by atoms with E-state index in [1.54, 1.807) is 19.5 Å². The third kappa shape index (κ3) is 2.86. The van der Waals surface area contributed by atoms with E-state index in [1.807, 2.05) is 24.3 Å². The van der Waals surface area contributed by atoms with E-state index in [0.29, 0.717) is 29.6 Å². The van der Waals surface area contributed by atoms with Crippen molar-refractivity contribution in [1.82, 2.24) is 9.97 Å². The molecule has 2 aromatic rings. The van der Waals surface area contributed by atoms with Crippen LogP contribution in [0.4, 0.5) is 5.82 Å². The van der Waals surface area contributed by atoms with Crippen LogP contribution in [0.5, 0.6) is 11.5 Å². The lowest BCUT2D eigenvalue weighted by Gasteiger charge is -2.09. The molecule has 18 heavy (non-hydrogen) atoms. The minimum Gasteiger partial charge on any atom is -0.493 e. The topological polar surface area (TPSA) is 82.3 Å². The molecule has 1 heterocycles. The van der Waals surface area contributed by atoms with E-state index in [2.05, 4.69) is 15.4 Å². The van der Waals surface area contributed by atoms with Crippen LogP contribution in [0.3, 0.4) is 0 Å². The molecule has 0 fully saturated rings. The van der Waals surface area contributed by atoms with Crippen LogP contribution in [-0.2, 0) is 6.61 Å². The summed E-state index contributed by atoms with van der Waals surface area (Å²) in [5, 5.41) is 0. The van der Waals surface area contributed by atoms with Crippen LogP contribution in [0, 0.1) is 0 Å². The van der Waals surface area contributed by atoms with Crippen LogP contribution in [-0.4, -0.2) is 17.1 Å². The van der Waals surface area contributed by atoms with Crippen molar-refractivity contribution in [3.63, 3.8) is 0 Å². The molecule has 94 valence electrons. The molecule has 0 aliphatic heterocycles. The number of methoxy groups -OCH3 is 1. The summed E-state index contributed by atoms with van der Waals surface area (Å²) < 4.78 is 10.8. The lowest BCUT2D eigenvalue weighted by Crippen LogP contribution is -2.09. The summed E-state index contributed by atoms with van der Waals surface area (Å²) in [6, 6.07) is 7.43. The number of para-hydroxylation sites is 2. The fourth-order valence-electron chi connectivity index (χ4n) is 1.39. The lowest BCUT2D eigenvalue weighted by molar-refractivity contribution is 0.280. The maximum absolute atomic E-state index is 5.61. The molecule has 3 N–H and O–H groups in total. The van der Waals surface area contributed by atoms with Gasteiger partial charge in [-0.25, -0.2) is 10.8 Å². The second-order valence-corrected chi connectivity index (χ2v) is 3.48. The van der Waals surface area contributed by atoms with Crippen LogP contribution in [0.2, 0.25) is 0 Å². The lowest BCUT2D eigenvalue weighted by atomic mass is 10.3. The molecule has 0 bridgehead atoms. The molecule has 0 saturated carbocycles. The Kier molecular flexibility index (Phi) is 3.93. The first-order valence-corrected chi connectivity index (χ1v) is 5.37. The van der Waals surface area contributed by atoms with Crippen molar-refractivity contribution in [1.29, 1.82) is 0 Å². The quantitative estimate of drug-likeness (QED) is 0.612. The molecule has 0 saturated heterocycles. The number of aromatic nitrogens is 2. The Bertz CT molecular complexity index is 502. The number of hydrogen-bond donors (Lipinski definition) is 2. The maximum Gasteiger partial charge on any atom is 0.161 e. The highest BCUT2D eigenvalue weighted by atomic mass is 16.5. The fourth-order valence-corrected chi connectivity index (χ4v) is 1.39. The molecule has 2 rings (SSSR count). The highest BCUT2D eigenvalue weighted by molar-refractivity contribution is 5.39. The zero-order chi connectivity index (χ0) is 12.8. The first-order chi connectivity index (χ1) is 8.83. The fraction of sp³-hybridized carbons (Fsp3) is 0.167. The molecule has 0 amide bonds. The molecule has 6 heteroatoms. The van der Waals surface area contributed by atoms with Gasteiger partial charge in [0.25, 0.3) is 0 Å². The Morgan fingerprint density at radius 1 is 1.17 bits per heavy atom. The number of nitrogen functional groups attached to an aromatic ring is 1. The van der Waals surface area contributed by atoms with Crippen molar-refractivity contribution in [2.45, 2.75) is 6.61 Å². The highest BCUT2D eigenvalue weighted by Gasteiger charge is 2.03. The summed E-state index contributed by atoms with van der Waals surface area (Å²) in [5.41, 5.74) is 3.12. The summed E-state index contributed by atoms with van der Waals surface area (Å²) >= 11 is 0. The van der Waals surface area contributed by atoms with Gasteiger partial charge in [-0.15, -0.1) is 0 Å². The summed E-state index contributed by atoms with van der Waals surface area (Å²) in [5.74, 6) is 7.07. The van der Waals surface area contributed by atoms with E-state index in [1.165, 1.54) is 0 Å². The minimum absolute atomic E-state index is 0.318. The van der Waals surface area contributed by atoms with E-state index < -0.39 is 0 Å². The van der Waals surface area contributed by atoms with Gasteiger partial charge in [-0.2, -0.15) is 0 Å². The molecule has 6 nitrogen and oxygen atoms in total. The van der Waals surface area contributed by atoms with Gasteiger partial charge in [0.15, 0.2) is 17.3 Å². The standard InChI is InChI=1S/C12H14N4O2/c1-17-10-4-2-3-5-11(10)18-8-9-6-15-12(16-13)7-14-9/h2-7H,8,13H2,1H3,(H,15,16). The van der Waals surface area contributed by atoms with Gasteiger partial charge in [-0.1, -0.05) is 12.1 Å². The molecule has 0 aliphatic carbocycles. The van der Waals surface area contributed by atoms with Gasteiger partial charge in [0.2, 0.25) is 0 Å². The van der Waals surface area contributed by atoms with Crippen molar-refractivity contribution in [3.05, 3.63) is 42.4 Å². The number of hydrogen-bond acceptors (Lipinski definition) is 6. The van der Waals surface area contributed by atoms with Crippen molar-refractivity contribution in [2.75, 3.05) is 12.5 Å². The van der Waals surface area contributed by atoms with Crippen molar-refractivity contribution < 1.29 is 9.47 Å². The van der Waals surface area contributed by atoms with Crippen LogP contribution in [0.1, 0.15) is 5.69 Å². The van der Waals surface area contributed by atoms with Gasteiger partial charge < -0.3 is 14.9 Å². The Hall–Kier alpha value is -2.34. The Balaban J connectivity index is 2.02. The summed E-state index contributed by atoms with van der Waals surface area (Å²) in [7, 11) is 1.60. The number of anilines is 1. The Morgan fingerprint density at radius 3 is 2.56 bits per heavy atom. The molecule has 1 aromatic heterocycles. The summed E-state index contributed by atoms with van der Waals surface area (Å²) in [4.78, 5) is 8.19. The zero-order valence-electron chi connectivity index (χ0n) is 9.96. The maximum atomic E-state index is 5.61. The van der Waals surface area contributed by atoms with Gasteiger partial charge in [-0.05, 0) is 12.1 Å². The molecule has 0 atom stereocenters. The third-order valence-corrected chi connectivity index (χ3v) is 2.30. The van der Waals surface area contributed by atoms with Crippen LogP contribution >= 0.6 is 0 Å². The number of nitrogens with zero attached hydrogens (tertiary/aromatic N) is 2. The van der Waals surface area contributed by atoms with Crippen molar-refractivity contribution in [3.8, 4) is 11.5 Å². The second kappa shape index (κ2) is 5.83. The highest BCUT2D eigenvalue weighted by Crippen LogP contribution is 2.26. The summed E-state index contributed by atoms with van der Waals surface area (Å²) in [6.45, 7) is 0.318. The molecule has 0 unspecified atom stereocenters. The number of benzene rings is 1. The molecule has 0 radical (unpaired) electrons. The van der Waals surface area contributed by atoms with Gasteiger partial charge in [0.05, 0.1) is 25.2 Å². The SMILES string of the molecule is COc1ccccc1OCc1cnc(NN)cn1. The molecule has 0 aliphatic rings. The first-order valence-electron chi connectivity index (χ1n) is 5.37. The number of nitrogens with two attached hydrogens (primary N) is 1. The van der Waals surface area contributed by atoms with Gasteiger partial charge in [0.1, 0.15) is 6.61 Å². The number of rotatable bonds is 5. The number of nitrogens with one attached hydrogen (secondary N) is 1. The van der Waals surface area contributed by atoms with Gasteiger partial charge in [0, 0.05) is 0 Å². The monoisotopic (exact) mass is 246 g/mol. The predicted octanol–water partition coefficient (Wildman–Crippen LogP) is 1.35. The Morgan fingerprint density at radius 2 is 1.94 bits per heavy atom. The van der Waals surface area contributed by atoms with E-state index >= 15 is 0 Å². The normalized spacial score (nSPS) is 9.89. The number of hydrazine groups is 1. The average Bonchev–Trinajstić information content (AvgIpc) is 2.46. The van der Waals surface area contributed by atoms with Gasteiger partial charge in [-0.3, -0.25) is 4.98 Å². The molecular weight excluding hydrogens is 232 g/mol. The van der Waals surface area contributed by atoms with Crippen molar-refractivity contribution in [2.24, 2.45) is 5.84 Å². The first kappa shape index (κ1) is 12.1. The molecular formula is C12H14N4O2. The van der Waals surface area contributed by atoms with E-state index in [0.717, 1.165) is 0 Å². The van der Waals surface area contributed by atoms with E-state index in [9.17, 15) is 0 Å². The molecule has 1 aromatic carbocycles. The minimum atomic E-state index is 0.318. The van der Waals surface area contributed by atoms with E-state index in [-0.39, 0.29) is 0 Å². The second-order valence-electron chi connectivity index (χ2n) is 3.48. The average molecular weight is 246 g/mol. The van der Waals surface area contributed by atoms with E-state index in [4.69, 9.17) is 15.3 Å². The van der Waals surface area contributed by atoms with Gasteiger partial charge >= 0.3 is 0 Å². The zero-order valence-corrected chi connectivity index (χ0v) is 9.96. The van der Waals surface area contributed by atoms with Crippen LogP contribution < -0.4 is 20.7 Å². The smallest absolute Gasteiger partial charge is 0.161 e. The largest absolute Gasteiger partial charge is 0.493 e.